The second kappa shape index (κ2) is 5.22. The fourth-order valence-corrected chi connectivity index (χ4v) is 4.57. The summed E-state index contributed by atoms with van der Waals surface area (Å²) in [6.07, 6.45) is 3.86. The summed E-state index contributed by atoms with van der Waals surface area (Å²) in [7, 11) is 0. The molecular formula is C13H14BrNS2. The molecule has 0 bridgehead atoms. The Morgan fingerprint density at radius 1 is 1.41 bits per heavy atom. The van der Waals surface area contributed by atoms with Crippen LogP contribution in [0.1, 0.15) is 34.9 Å². The van der Waals surface area contributed by atoms with Gasteiger partial charge >= 0.3 is 0 Å². The van der Waals surface area contributed by atoms with Crippen LogP contribution in [-0.4, -0.2) is 0 Å². The lowest BCUT2D eigenvalue weighted by molar-refractivity contribution is 0.463. The summed E-state index contributed by atoms with van der Waals surface area (Å²) < 4.78 is 1.22. The predicted octanol–water partition coefficient (Wildman–Crippen LogP) is 4.74. The van der Waals surface area contributed by atoms with Crippen LogP contribution in [0, 0.1) is 0 Å². The average Bonchev–Trinajstić information content (AvgIpc) is 2.94. The molecule has 1 nitrogen and oxygen atoms in total. The Labute approximate surface area is 118 Å². The molecule has 1 atom stereocenters. The minimum absolute atomic E-state index is 0.559. The maximum atomic E-state index is 3.69. The number of rotatable bonds is 3. The Kier molecular flexibility index (Phi) is 3.66. The van der Waals surface area contributed by atoms with Crippen molar-refractivity contribution in [2.75, 3.05) is 0 Å². The van der Waals surface area contributed by atoms with E-state index in [0.717, 1.165) is 6.54 Å². The quantitative estimate of drug-likeness (QED) is 0.858. The highest BCUT2D eigenvalue weighted by atomic mass is 79.9. The van der Waals surface area contributed by atoms with E-state index < -0.39 is 0 Å². The summed E-state index contributed by atoms with van der Waals surface area (Å²) in [5.41, 5.74) is 2.92. The van der Waals surface area contributed by atoms with E-state index in [-0.39, 0.29) is 0 Å². The Morgan fingerprint density at radius 2 is 2.35 bits per heavy atom. The van der Waals surface area contributed by atoms with Crippen LogP contribution in [0.3, 0.4) is 0 Å². The zero-order valence-corrected chi connectivity index (χ0v) is 12.6. The van der Waals surface area contributed by atoms with Gasteiger partial charge in [-0.05, 0) is 69.2 Å². The van der Waals surface area contributed by atoms with E-state index in [4.69, 9.17) is 0 Å². The predicted molar refractivity (Wildman–Crippen MR) is 78.9 cm³/mol. The minimum atomic E-state index is 0.559. The molecule has 90 valence electrons. The van der Waals surface area contributed by atoms with Gasteiger partial charge in [0, 0.05) is 17.5 Å². The van der Waals surface area contributed by atoms with E-state index in [0.29, 0.717) is 6.04 Å². The summed E-state index contributed by atoms with van der Waals surface area (Å²) >= 11 is 7.18. The van der Waals surface area contributed by atoms with Crippen molar-refractivity contribution in [3.8, 4) is 0 Å². The number of halogens is 1. The molecule has 4 heteroatoms. The lowest BCUT2D eigenvalue weighted by Crippen LogP contribution is -2.23. The molecule has 1 unspecified atom stereocenters. The SMILES string of the molecule is Brc1cc(CNC2CCCc3sccc32)cs1. The molecule has 2 heterocycles. The van der Waals surface area contributed by atoms with Crippen molar-refractivity contribution < 1.29 is 0 Å². The molecule has 0 aliphatic heterocycles. The highest BCUT2D eigenvalue weighted by molar-refractivity contribution is 9.11. The first-order valence-electron chi connectivity index (χ1n) is 5.85. The fourth-order valence-electron chi connectivity index (χ4n) is 2.38. The molecule has 0 aromatic carbocycles. The van der Waals surface area contributed by atoms with E-state index in [1.165, 1.54) is 34.2 Å². The molecule has 1 aliphatic rings. The van der Waals surface area contributed by atoms with E-state index >= 15 is 0 Å². The highest BCUT2D eigenvalue weighted by Crippen LogP contribution is 2.33. The van der Waals surface area contributed by atoms with Gasteiger partial charge in [-0.3, -0.25) is 0 Å². The number of hydrogen-bond acceptors (Lipinski definition) is 3. The third-order valence-electron chi connectivity index (χ3n) is 3.23. The van der Waals surface area contributed by atoms with Gasteiger partial charge in [0.25, 0.3) is 0 Å². The summed E-state index contributed by atoms with van der Waals surface area (Å²) in [4.78, 5) is 1.58. The second-order valence-electron chi connectivity index (χ2n) is 4.38. The van der Waals surface area contributed by atoms with E-state index in [1.807, 2.05) is 11.3 Å². The molecule has 0 fully saturated rings. The standard InChI is InChI=1S/C13H14BrNS2/c14-13-6-9(8-17-13)7-15-11-2-1-3-12-10(11)4-5-16-12/h4-6,8,11,15H,1-3,7H2. The Hall–Kier alpha value is -0.160. The Balaban J connectivity index is 1.67. The van der Waals surface area contributed by atoms with E-state index in [1.54, 1.807) is 16.2 Å². The molecule has 0 saturated carbocycles. The third kappa shape index (κ3) is 2.65. The number of fused-ring (bicyclic) bond motifs is 1. The first-order valence-corrected chi connectivity index (χ1v) is 8.41. The van der Waals surface area contributed by atoms with Crippen LogP contribution in [0.15, 0.2) is 26.7 Å². The summed E-state index contributed by atoms with van der Waals surface area (Å²) in [5, 5.41) is 8.13. The van der Waals surface area contributed by atoms with Crippen molar-refractivity contribution in [3.63, 3.8) is 0 Å². The van der Waals surface area contributed by atoms with Gasteiger partial charge in [-0.25, -0.2) is 0 Å². The first kappa shape index (κ1) is 11.9. The van der Waals surface area contributed by atoms with Gasteiger partial charge in [-0.15, -0.1) is 22.7 Å². The van der Waals surface area contributed by atoms with Crippen LogP contribution in [-0.2, 0) is 13.0 Å². The van der Waals surface area contributed by atoms with Crippen LogP contribution in [0.4, 0.5) is 0 Å². The lowest BCUT2D eigenvalue weighted by Gasteiger charge is -2.23. The van der Waals surface area contributed by atoms with Gasteiger partial charge in [-0.2, -0.15) is 0 Å². The second-order valence-corrected chi connectivity index (χ2v) is 7.68. The average molecular weight is 328 g/mol. The van der Waals surface area contributed by atoms with Crippen molar-refractivity contribution in [2.24, 2.45) is 0 Å². The minimum Gasteiger partial charge on any atom is -0.306 e. The van der Waals surface area contributed by atoms with Gasteiger partial charge in [0.15, 0.2) is 0 Å². The largest absolute Gasteiger partial charge is 0.306 e. The first-order chi connectivity index (χ1) is 8.33. The van der Waals surface area contributed by atoms with Crippen molar-refractivity contribution in [3.05, 3.63) is 42.7 Å². The van der Waals surface area contributed by atoms with Crippen LogP contribution < -0.4 is 5.32 Å². The molecule has 1 aliphatic carbocycles. The van der Waals surface area contributed by atoms with Gasteiger partial charge in [0.2, 0.25) is 0 Å². The van der Waals surface area contributed by atoms with Gasteiger partial charge < -0.3 is 5.32 Å². The maximum Gasteiger partial charge on any atom is 0.0701 e. The Morgan fingerprint density at radius 3 is 3.18 bits per heavy atom. The number of thiophene rings is 2. The topological polar surface area (TPSA) is 12.0 Å². The molecule has 0 saturated heterocycles. The molecule has 2 aromatic heterocycles. The van der Waals surface area contributed by atoms with Gasteiger partial charge in [0.05, 0.1) is 3.79 Å². The van der Waals surface area contributed by atoms with Crippen molar-refractivity contribution >= 4 is 38.6 Å². The smallest absolute Gasteiger partial charge is 0.0701 e. The molecule has 0 spiro atoms. The van der Waals surface area contributed by atoms with Crippen LogP contribution in [0.2, 0.25) is 0 Å². The normalized spacial score (nSPS) is 19.2. The highest BCUT2D eigenvalue weighted by Gasteiger charge is 2.20. The van der Waals surface area contributed by atoms with Crippen molar-refractivity contribution in [1.29, 1.82) is 0 Å². The third-order valence-corrected chi connectivity index (χ3v) is 5.78. The maximum absolute atomic E-state index is 3.69. The molecule has 2 aromatic rings. The van der Waals surface area contributed by atoms with Crippen molar-refractivity contribution in [1.82, 2.24) is 5.32 Å². The van der Waals surface area contributed by atoms with Crippen molar-refractivity contribution in [2.45, 2.75) is 31.8 Å². The molecule has 0 amide bonds. The molecule has 0 radical (unpaired) electrons. The van der Waals surface area contributed by atoms with E-state index in [9.17, 15) is 0 Å². The Bertz CT molecular complexity index is 503. The summed E-state index contributed by atoms with van der Waals surface area (Å²) in [6, 6.07) is 5.05. The molecule has 1 N–H and O–H groups in total. The zero-order chi connectivity index (χ0) is 11.7. The van der Waals surface area contributed by atoms with Crippen LogP contribution in [0.5, 0.6) is 0 Å². The summed E-state index contributed by atoms with van der Waals surface area (Å²) in [5.74, 6) is 0. The molecule has 3 rings (SSSR count). The number of nitrogens with one attached hydrogen (secondary N) is 1. The fraction of sp³-hybridized carbons (Fsp3) is 0.385. The molecular weight excluding hydrogens is 314 g/mol. The number of hydrogen-bond donors (Lipinski definition) is 1. The van der Waals surface area contributed by atoms with Crippen LogP contribution in [0.25, 0.3) is 0 Å². The van der Waals surface area contributed by atoms with Gasteiger partial charge in [0.1, 0.15) is 0 Å². The summed E-state index contributed by atoms with van der Waals surface area (Å²) in [6.45, 7) is 0.974. The number of aryl methyl sites for hydroxylation is 1. The van der Waals surface area contributed by atoms with Crippen LogP contribution >= 0.6 is 38.6 Å². The zero-order valence-electron chi connectivity index (χ0n) is 9.41. The molecule has 17 heavy (non-hydrogen) atoms. The van der Waals surface area contributed by atoms with Gasteiger partial charge in [-0.1, -0.05) is 0 Å². The monoisotopic (exact) mass is 327 g/mol. The van der Waals surface area contributed by atoms with E-state index in [2.05, 4.69) is 44.1 Å². The lowest BCUT2D eigenvalue weighted by atomic mass is 9.94.